The fraction of sp³-hybridized carbons (Fsp3) is 0.625. The van der Waals surface area contributed by atoms with Gasteiger partial charge in [-0.25, -0.2) is 4.98 Å². The summed E-state index contributed by atoms with van der Waals surface area (Å²) in [6.45, 7) is 3.87. The third-order valence-electron chi connectivity index (χ3n) is 2.06. The standard InChI is InChI=1S/C8H13BrN2OS/c1-8(2,10-3)6(12)7-11-5(9)4-13-7/h4,6,10,12H,1-3H3. The van der Waals surface area contributed by atoms with E-state index in [9.17, 15) is 5.11 Å². The van der Waals surface area contributed by atoms with E-state index < -0.39 is 6.10 Å². The van der Waals surface area contributed by atoms with E-state index in [-0.39, 0.29) is 5.54 Å². The van der Waals surface area contributed by atoms with Crippen LogP contribution in [-0.2, 0) is 0 Å². The second-order valence-electron chi connectivity index (χ2n) is 3.38. The van der Waals surface area contributed by atoms with Gasteiger partial charge >= 0.3 is 0 Å². The number of nitrogens with zero attached hydrogens (tertiary/aromatic N) is 1. The molecule has 0 aliphatic rings. The molecule has 74 valence electrons. The van der Waals surface area contributed by atoms with Gasteiger partial charge < -0.3 is 10.4 Å². The fourth-order valence-corrected chi connectivity index (χ4v) is 2.27. The molecular weight excluding hydrogens is 252 g/mol. The van der Waals surface area contributed by atoms with E-state index in [4.69, 9.17) is 0 Å². The first-order chi connectivity index (χ1) is 5.97. The van der Waals surface area contributed by atoms with E-state index in [0.29, 0.717) is 0 Å². The highest BCUT2D eigenvalue weighted by molar-refractivity contribution is 9.10. The van der Waals surface area contributed by atoms with Gasteiger partial charge in [0, 0.05) is 10.9 Å². The molecule has 0 fully saturated rings. The molecule has 0 radical (unpaired) electrons. The zero-order chi connectivity index (χ0) is 10.1. The molecule has 1 atom stereocenters. The first kappa shape index (κ1) is 11.1. The maximum absolute atomic E-state index is 9.93. The number of likely N-dealkylation sites (N-methyl/N-ethyl adjacent to an activating group) is 1. The Morgan fingerprint density at radius 2 is 2.31 bits per heavy atom. The van der Waals surface area contributed by atoms with E-state index in [1.54, 1.807) is 0 Å². The lowest BCUT2D eigenvalue weighted by Gasteiger charge is -2.28. The Hall–Kier alpha value is 0.0300. The van der Waals surface area contributed by atoms with Crippen molar-refractivity contribution in [3.05, 3.63) is 15.0 Å². The number of thiazole rings is 1. The molecule has 0 bridgehead atoms. The molecule has 0 amide bonds. The normalized spacial score (nSPS) is 14.5. The fourth-order valence-electron chi connectivity index (χ4n) is 0.838. The Balaban J connectivity index is 2.84. The van der Waals surface area contributed by atoms with Crippen molar-refractivity contribution in [3.63, 3.8) is 0 Å². The van der Waals surface area contributed by atoms with E-state index in [1.807, 2.05) is 26.3 Å². The van der Waals surface area contributed by atoms with E-state index >= 15 is 0 Å². The molecule has 13 heavy (non-hydrogen) atoms. The highest BCUT2D eigenvalue weighted by atomic mass is 79.9. The second-order valence-corrected chi connectivity index (χ2v) is 5.08. The Bertz CT molecular complexity index is 287. The van der Waals surface area contributed by atoms with Gasteiger partial charge in [0.1, 0.15) is 15.7 Å². The number of hydrogen-bond acceptors (Lipinski definition) is 4. The molecule has 1 aromatic heterocycles. The van der Waals surface area contributed by atoms with Crippen molar-refractivity contribution in [2.45, 2.75) is 25.5 Å². The van der Waals surface area contributed by atoms with Crippen molar-refractivity contribution < 1.29 is 5.11 Å². The van der Waals surface area contributed by atoms with Crippen LogP contribution >= 0.6 is 27.3 Å². The maximum Gasteiger partial charge on any atom is 0.124 e. The molecule has 0 aromatic carbocycles. The van der Waals surface area contributed by atoms with E-state index in [0.717, 1.165) is 9.61 Å². The molecule has 0 saturated carbocycles. The molecule has 1 unspecified atom stereocenters. The lowest BCUT2D eigenvalue weighted by atomic mass is 9.98. The largest absolute Gasteiger partial charge is 0.384 e. The Kier molecular flexibility index (Phi) is 3.45. The Labute approximate surface area is 90.3 Å². The molecule has 0 saturated heterocycles. The van der Waals surface area contributed by atoms with Crippen molar-refractivity contribution in [2.75, 3.05) is 7.05 Å². The lowest BCUT2D eigenvalue weighted by Crippen LogP contribution is -2.42. The van der Waals surface area contributed by atoms with E-state index in [1.165, 1.54) is 11.3 Å². The molecule has 1 rings (SSSR count). The van der Waals surface area contributed by atoms with Crippen LogP contribution in [0.15, 0.2) is 9.98 Å². The summed E-state index contributed by atoms with van der Waals surface area (Å²) in [5.74, 6) is 0. The van der Waals surface area contributed by atoms with Crippen molar-refractivity contribution in [2.24, 2.45) is 0 Å². The zero-order valence-corrected chi connectivity index (χ0v) is 10.2. The van der Waals surface area contributed by atoms with Gasteiger partial charge in [-0.2, -0.15) is 0 Å². The third kappa shape index (κ3) is 2.49. The molecule has 5 heteroatoms. The number of hydrogen-bond donors (Lipinski definition) is 2. The van der Waals surface area contributed by atoms with Crippen LogP contribution in [0.25, 0.3) is 0 Å². The number of nitrogens with one attached hydrogen (secondary N) is 1. The summed E-state index contributed by atoms with van der Waals surface area (Å²) in [6.07, 6.45) is -0.575. The smallest absolute Gasteiger partial charge is 0.124 e. The van der Waals surface area contributed by atoms with Gasteiger partial charge in [-0.3, -0.25) is 0 Å². The predicted octanol–water partition coefficient (Wildman–Crippen LogP) is 1.94. The summed E-state index contributed by atoms with van der Waals surface area (Å²) in [6, 6.07) is 0. The first-order valence-electron chi connectivity index (χ1n) is 3.95. The summed E-state index contributed by atoms with van der Waals surface area (Å²) in [5, 5.41) is 15.6. The summed E-state index contributed by atoms with van der Waals surface area (Å²) in [4.78, 5) is 4.17. The molecule has 2 N–H and O–H groups in total. The predicted molar refractivity (Wildman–Crippen MR) is 57.9 cm³/mol. The number of aliphatic hydroxyl groups is 1. The summed E-state index contributed by atoms with van der Waals surface area (Å²) >= 11 is 4.71. The van der Waals surface area contributed by atoms with Crippen LogP contribution in [-0.4, -0.2) is 22.7 Å². The van der Waals surface area contributed by atoms with Gasteiger partial charge in [-0.15, -0.1) is 11.3 Å². The van der Waals surface area contributed by atoms with Crippen LogP contribution in [0, 0.1) is 0 Å². The molecule has 0 aliphatic heterocycles. The first-order valence-corrected chi connectivity index (χ1v) is 5.62. The van der Waals surface area contributed by atoms with Crippen LogP contribution < -0.4 is 5.32 Å². The number of aromatic nitrogens is 1. The maximum atomic E-state index is 9.93. The van der Waals surface area contributed by atoms with Gasteiger partial charge in [0.2, 0.25) is 0 Å². The molecule has 0 aliphatic carbocycles. The van der Waals surface area contributed by atoms with Gasteiger partial charge in [-0.1, -0.05) is 0 Å². The average Bonchev–Trinajstić information content (AvgIpc) is 2.50. The van der Waals surface area contributed by atoms with Gasteiger partial charge in [0.15, 0.2) is 0 Å². The Morgan fingerprint density at radius 1 is 1.69 bits per heavy atom. The zero-order valence-electron chi connectivity index (χ0n) is 7.84. The van der Waals surface area contributed by atoms with Gasteiger partial charge in [-0.05, 0) is 36.8 Å². The quantitative estimate of drug-likeness (QED) is 0.877. The molecule has 1 heterocycles. The van der Waals surface area contributed by atoms with Crippen LogP contribution in [0.3, 0.4) is 0 Å². The van der Waals surface area contributed by atoms with Crippen molar-refractivity contribution in [1.29, 1.82) is 0 Å². The number of halogens is 1. The highest BCUT2D eigenvalue weighted by Crippen LogP contribution is 2.28. The topological polar surface area (TPSA) is 45.1 Å². The monoisotopic (exact) mass is 264 g/mol. The second kappa shape index (κ2) is 4.04. The number of rotatable bonds is 3. The van der Waals surface area contributed by atoms with Gasteiger partial charge in [0.25, 0.3) is 0 Å². The Morgan fingerprint density at radius 3 is 2.69 bits per heavy atom. The minimum atomic E-state index is -0.575. The molecular formula is C8H13BrN2OS. The van der Waals surface area contributed by atoms with Crippen molar-refractivity contribution >= 4 is 27.3 Å². The summed E-state index contributed by atoms with van der Waals surface area (Å²) in [7, 11) is 1.83. The van der Waals surface area contributed by atoms with E-state index in [2.05, 4.69) is 26.2 Å². The minimum Gasteiger partial charge on any atom is -0.384 e. The summed E-state index contributed by atoms with van der Waals surface area (Å²) in [5.41, 5.74) is -0.350. The van der Waals surface area contributed by atoms with Gasteiger partial charge in [0.05, 0.1) is 0 Å². The van der Waals surface area contributed by atoms with Crippen molar-refractivity contribution in [3.8, 4) is 0 Å². The van der Waals surface area contributed by atoms with Crippen LogP contribution in [0.2, 0.25) is 0 Å². The molecule has 0 spiro atoms. The number of aliphatic hydroxyl groups excluding tert-OH is 1. The molecule has 1 aromatic rings. The third-order valence-corrected chi connectivity index (χ3v) is 3.66. The molecule has 3 nitrogen and oxygen atoms in total. The lowest BCUT2D eigenvalue weighted by molar-refractivity contribution is 0.0851. The van der Waals surface area contributed by atoms with Crippen LogP contribution in [0.1, 0.15) is 25.0 Å². The van der Waals surface area contributed by atoms with Crippen molar-refractivity contribution in [1.82, 2.24) is 10.3 Å². The average molecular weight is 265 g/mol. The van der Waals surface area contributed by atoms with Crippen LogP contribution in [0.4, 0.5) is 0 Å². The van der Waals surface area contributed by atoms with Crippen LogP contribution in [0.5, 0.6) is 0 Å². The SMILES string of the molecule is CNC(C)(C)C(O)c1nc(Br)cs1. The minimum absolute atomic E-state index is 0.350. The summed E-state index contributed by atoms with van der Waals surface area (Å²) < 4.78 is 0.776. The highest BCUT2D eigenvalue weighted by Gasteiger charge is 2.29.